The topological polar surface area (TPSA) is 75.5 Å². The van der Waals surface area contributed by atoms with E-state index in [4.69, 9.17) is 16.7 Å². The molecule has 1 rings (SSSR count). The summed E-state index contributed by atoms with van der Waals surface area (Å²) in [5.74, 6) is 5.62. The van der Waals surface area contributed by atoms with Crippen molar-refractivity contribution < 1.29 is 5.11 Å². The Hall–Kier alpha value is -1.00. The quantitative estimate of drug-likeness (QED) is 0.336. The molecule has 4 nitrogen and oxygen atoms in total. The Morgan fingerprint density at radius 3 is 2.38 bits per heavy atom. The molecular weight excluding hydrogens is 166 g/mol. The fraction of sp³-hybridized carbons (Fsp3) is 0.556. The Kier molecular flexibility index (Phi) is 6.01. The van der Waals surface area contributed by atoms with Crippen LogP contribution >= 0.6 is 0 Å². The lowest BCUT2D eigenvalue weighted by Gasteiger charge is -2.33. The highest BCUT2D eigenvalue weighted by molar-refractivity contribution is 4.97. The van der Waals surface area contributed by atoms with Gasteiger partial charge in [-0.1, -0.05) is 0 Å². The van der Waals surface area contributed by atoms with Crippen LogP contribution in [0.4, 0.5) is 0 Å². The fourth-order valence-electron chi connectivity index (χ4n) is 1.02. The first-order valence-electron chi connectivity index (χ1n) is 4.34. The van der Waals surface area contributed by atoms with E-state index in [0.29, 0.717) is 11.7 Å². The van der Waals surface area contributed by atoms with E-state index in [9.17, 15) is 0 Å². The van der Waals surface area contributed by atoms with Crippen molar-refractivity contribution in [2.45, 2.75) is 25.3 Å². The minimum atomic E-state index is -0.125. The summed E-state index contributed by atoms with van der Waals surface area (Å²) in [6, 6.07) is 0.431. The first kappa shape index (κ1) is 12.0. The largest absolute Gasteiger partial charge is 0.399 e. The lowest BCUT2D eigenvalue weighted by atomic mass is 9.93. The average Bonchev–Trinajstić information content (AvgIpc) is 2.04. The van der Waals surface area contributed by atoms with E-state index >= 15 is 0 Å². The van der Waals surface area contributed by atoms with Crippen LogP contribution in [0.5, 0.6) is 0 Å². The molecule has 0 aromatic heterocycles. The van der Waals surface area contributed by atoms with Gasteiger partial charge >= 0.3 is 0 Å². The lowest BCUT2D eigenvalue weighted by Crippen LogP contribution is -2.41. The van der Waals surface area contributed by atoms with Gasteiger partial charge in [-0.15, -0.1) is 13.2 Å². The van der Waals surface area contributed by atoms with Gasteiger partial charge < -0.3 is 15.8 Å². The summed E-state index contributed by atoms with van der Waals surface area (Å²) in [6.07, 6.45) is 5.10. The van der Waals surface area contributed by atoms with Crippen molar-refractivity contribution in [3.63, 3.8) is 0 Å². The highest BCUT2D eigenvalue weighted by atomic mass is 16.3. The standard InChI is InChI=1S/C7H15N3O.C2H4/c8-6(5-11)4-10(9)7-2-1-3-7;1-2/h4,7,11H,1-3,5,8-9H2;1-2H2/b6-4-;. The van der Waals surface area contributed by atoms with Gasteiger partial charge in [0, 0.05) is 12.2 Å². The molecule has 0 spiro atoms. The summed E-state index contributed by atoms with van der Waals surface area (Å²) in [6.45, 7) is 5.88. The third kappa shape index (κ3) is 3.96. The number of hydrogen-bond donors (Lipinski definition) is 3. The number of aliphatic hydroxyl groups excluding tert-OH is 1. The van der Waals surface area contributed by atoms with Gasteiger partial charge in [-0.3, -0.25) is 0 Å². The maximum Gasteiger partial charge on any atom is 0.0840 e. The second-order valence-corrected chi connectivity index (χ2v) is 2.89. The third-order valence-corrected chi connectivity index (χ3v) is 1.99. The molecule has 1 aliphatic rings. The Balaban J connectivity index is 0.000000671. The molecule has 0 bridgehead atoms. The van der Waals surface area contributed by atoms with Gasteiger partial charge in [-0.05, 0) is 19.3 Å². The molecule has 0 atom stereocenters. The van der Waals surface area contributed by atoms with Crippen molar-refractivity contribution in [3.8, 4) is 0 Å². The Bertz CT molecular complexity index is 166. The zero-order valence-electron chi connectivity index (χ0n) is 7.95. The molecule has 76 valence electrons. The molecule has 0 amide bonds. The molecule has 0 radical (unpaired) electrons. The SMILES string of the molecule is C=C.N/C(=C\N(N)C1CCC1)CO. The van der Waals surface area contributed by atoms with E-state index in [-0.39, 0.29) is 6.61 Å². The zero-order valence-corrected chi connectivity index (χ0v) is 7.95. The highest BCUT2D eigenvalue weighted by Crippen LogP contribution is 2.22. The summed E-state index contributed by atoms with van der Waals surface area (Å²) in [4.78, 5) is 0. The minimum absolute atomic E-state index is 0.125. The number of aliphatic hydroxyl groups is 1. The van der Waals surface area contributed by atoms with Gasteiger partial charge in [0.2, 0.25) is 0 Å². The smallest absolute Gasteiger partial charge is 0.0840 e. The number of hydrogen-bond acceptors (Lipinski definition) is 4. The zero-order chi connectivity index (χ0) is 10.3. The van der Waals surface area contributed by atoms with E-state index in [0.717, 1.165) is 12.8 Å². The summed E-state index contributed by atoms with van der Waals surface area (Å²) in [5, 5.41) is 10.2. The van der Waals surface area contributed by atoms with Gasteiger partial charge in [0.1, 0.15) is 0 Å². The normalized spacial score (nSPS) is 16.9. The van der Waals surface area contributed by atoms with Crippen molar-refractivity contribution in [1.82, 2.24) is 5.01 Å². The molecule has 0 unspecified atom stereocenters. The van der Waals surface area contributed by atoms with Crippen LogP contribution in [-0.2, 0) is 0 Å². The van der Waals surface area contributed by atoms with Crippen molar-refractivity contribution >= 4 is 0 Å². The predicted molar refractivity (Wildman–Crippen MR) is 54.3 cm³/mol. The number of nitrogens with two attached hydrogens (primary N) is 2. The van der Waals surface area contributed by atoms with E-state index in [1.807, 2.05) is 0 Å². The Labute approximate surface area is 79.5 Å². The van der Waals surface area contributed by atoms with Crippen LogP contribution in [0.25, 0.3) is 0 Å². The van der Waals surface area contributed by atoms with E-state index < -0.39 is 0 Å². The molecule has 1 saturated carbocycles. The second-order valence-electron chi connectivity index (χ2n) is 2.89. The summed E-state index contributed by atoms with van der Waals surface area (Å²) in [7, 11) is 0. The van der Waals surface area contributed by atoms with Crippen molar-refractivity contribution in [1.29, 1.82) is 0 Å². The average molecular weight is 185 g/mol. The summed E-state index contributed by atoms with van der Waals surface area (Å²) in [5.41, 5.74) is 5.80. The summed E-state index contributed by atoms with van der Waals surface area (Å²) >= 11 is 0. The lowest BCUT2D eigenvalue weighted by molar-refractivity contribution is 0.184. The monoisotopic (exact) mass is 185 g/mol. The molecule has 4 heteroatoms. The first-order chi connectivity index (χ1) is 6.24. The molecule has 0 aromatic rings. The maximum absolute atomic E-state index is 8.58. The van der Waals surface area contributed by atoms with E-state index in [2.05, 4.69) is 13.2 Å². The Morgan fingerprint density at radius 1 is 1.54 bits per heavy atom. The predicted octanol–water partition coefficient (Wildman–Crippen LogP) is 0.309. The molecule has 1 aliphatic carbocycles. The van der Waals surface area contributed by atoms with Crippen LogP contribution in [0.3, 0.4) is 0 Å². The van der Waals surface area contributed by atoms with Crippen molar-refractivity contribution in [3.05, 3.63) is 25.1 Å². The van der Waals surface area contributed by atoms with E-state index in [1.54, 1.807) is 11.2 Å². The minimum Gasteiger partial charge on any atom is -0.399 e. The molecule has 0 aromatic carbocycles. The van der Waals surface area contributed by atoms with Crippen molar-refractivity contribution in [2.75, 3.05) is 6.61 Å². The molecule has 1 fully saturated rings. The van der Waals surface area contributed by atoms with Crippen LogP contribution in [0.1, 0.15) is 19.3 Å². The molecule has 0 aliphatic heterocycles. The van der Waals surface area contributed by atoms with Crippen molar-refractivity contribution in [2.24, 2.45) is 11.6 Å². The van der Waals surface area contributed by atoms with Crippen LogP contribution in [0, 0.1) is 0 Å². The number of rotatable bonds is 3. The van der Waals surface area contributed by atoms with Crippen LogP contribution < -0.4 is 11.6 Å². The van der Waals surface area contributed by atoms with Crippen LogP contribution in [0.15, 0.2) is 25.1 Å². The van der Waals surface area contributed by atoms with E-state index in [1.165, 1.54) is 6.42 Å². The number of nitrogens with zero attached hydrogens (tertiary/aromatic N) is 1. The first-order valence-corrected chi connectivity index (χ1v) is 4.34. The van der Waals surface area contributed by atoms with Gasteiger partial charge in [0.25, 0.3) is 0 Å². The third-order valence-electron chi connectivity index (χ3n) is 1.99. The second kappa shape index (κ2) is 6.51. The van der Waals surface area contributed by atoms with Gasteiger partial charge in [0.05, 0.1) is 12.3 Å². The van der Waals surface area contributed by atoms with Crippen LogP contribution in [0.2, 0.25) is 0 Å². The summed E-state index contributed by atoms with van der Waals surface area (Å²) < 4.78 is 0. The van der Waals surface area contributed by atoms with Gasteiger partial charge in [-0.25, -0.2) is 5.84 Å². The highest BCUT2D eigenvalue weighted by Gasteiger charge is 2.20. The maximum atomic E-state index is 8.58. The Morgan fingerprint density at radius 2 is 2.08 bits per heavy atom. The van der Waals surface area contributed by atoms with Gasteiger partial charge in [0.15, 0.2) is 0 Å². The molecular formula is C9H19N3O. The van der Waals surface area contributed by atoms with Crippen LogP contribution in [-0.4, -0.2) is 22.8 Å². The molecule has 0 saturated heterocycles. The molecule has 5 N–H and O–H groups in total. The molecule has 13 heavy (non-hydrogen) atoms. The molecule has 0 heterocycles. The fourth-order valence-corrected chi connectivity index (χ4v) is 1.02. The number of hydrazine groups is 1. The van der Waals surface area contributed by atoms with Gasteiger partial charge in [-0.2, -0.15) is 0 Å².